The Bertz CT molecular complexity index is 403. The maximum Gasteiger partial charge on any atom is 0.224 e. The first-order valence-electron chi connectivity index (χ1n) is 6.28. The van der Waals surface area contributed by atoms with Gasteiger partial charge in [-0.1, -0.05) is 12.1 Å². The number of rotatable bonds is 4. The third-order valence-corrected chi connectivity index (χ3v) is 3.28. The molecule has 1 aliphatic heterocycles. The van der Waals surface area contributed by atoms with E-state index < -0.39 is 0 Å². The molecule has 4 nitrogen and oxygen atoms in total. The topological polar surface area (TPSA) is 41.6 Å². The van der Waals surface area contributed by atoms with Gasteiger partial charge in [0.15, 0.2) is 0 Å². The Morgan fingerprint density at radius 2 is 2.17 bits per heavy atom. The van der Waals surface area contributed by atoms with E-state index in [0.29, 0.717) is 12.5 Å². The number of likely N-dealkylation sites (N-methyl/N-ethyl adjacent to an activating group) is 1. The van der Waals surface area contributed by atoms with Crippen molar-refractivity contribution in [3.05, 3.63) is 29.8 Å². The molecule has 0 aliphatic carbocycles. The molecule has 18 heavy (non-hydrogen) atoms. The van der Waals surface area contributed by atoms with Crippen LogP contribution in [0.1, 0.15) is 12.0 Å². The smallest absolute Gasteiger partial charge is 0.224 e. The van der Waals surface area contributed by atoms with Crippen LogP contribution in [0.4, 0.5) is 0 Å². The quantitative estimate of drug-likeness (QED) is 0.866. The molecule has 0 bridgehead atoms. The summed E-state index contributed by atoms with van der Waals surface area (Å²) in [5, 5.41) is 3.07. The van der Waals surface area contributed by atoms with Gasteiger partial charge in [0.2, 0.25) is 5.91 Å². The lowest BCUT2D eigenvalue weighted by Crippen LogP contribution is -2.37. The monoisotopic (exact) mass is 248 g/mol. The van der Waals surface area contributed by atoms with E-state index in [1.807, 2.05) is 24.3 Å². The van der Waals surface area contributed by atoms with Gasteiger partial charge < -0.3 is 15.0 Å². The molecule has 0 saturated carbocycles. The van der Waals surface area contributed by atoms with E-state index >= 15 is 0 Å². The Morgan fingerprint density at radius 3 is 2.72 bits per heavy atom. The number of ether oxygens (including phenoxy) is 1. The highest BCUT2D eigenvalue weighted by Crippen LogP contribution is 2.12. The zero-order valence-electron chi connectivity index (χ0n) is 11.0. The molecule has 1 unspecified atom stereocenters. The minimum absolute atomic E-state index is 0.0977. The van der Waals surface area contributed by atoms with Crippen LogP contribution >= 0.6 is 0 Å². The fourth-order valence-corrected chi connectivity index (χ4v) is 2.26. The lowest BCUT2D eigenvalue weighted by atomic mass is 10.1. The van der Waals surface area contributed by atoms with Crippen molar-refractivity contribution in [2.75, 3.05) is 27.2 Å². The number of carbonyl (C=O) groups is 1. The summed E-state index contributed by atoms with van der Waals surface area (Å²) in [5.74, 6) is 0.914. The van der Waals surface area contributed by atoms with E-state index in [9.17, 15) is 4.79 Å². The van der Waals surface area contributed by atoms with Crippen LogP contribution < -0.4 is 10.1 Å². The van der Waals surface area contributed by atoms with E-state index in [4.69, 9.17) is 4.74 Å². The number of amides is 1. The van der Waals surface area contributed by atoms with Crippen molar-refractivity contribution in [2.45, 2.75) is 18.9 Å². The van der Waals surface area contributed by atoms with Gasteiger partial charge in [0.05, 0.1) is 13.5 Å². The molecular formula is C14H20N2O2. The number of hydrogen-bond acceptors (Lipinski definition) is 3. The van der Waals surface area contributed by atoms with Crippen molar-refractivity contribution in [1.29, 1.82) is 0 Å². The number of methoxy groups -OCH3 is 1. The number of carbonyl (C=O) groups excluding carboxylic acids is 1. The first kappa shape index (κ1) is 12.9. The van der Waals surface area contributed by atoms with E-state index in [-0.39, 0.29) is 5.91 Å². The van der Waals surface area contributed by atoms with Crippen molar-refractivity contribution in [3.63, 3.8) is 0 Å². The molecule has 0 radical (unpaired) electrons. The Hall–Kier alpha value is -1.55. The van der Waals surface area contributed by atoms with Crippen molar-refractivity contribution in [1.82, 2.24) is 10.2 Å². The van der Waals surface area contributed by atoms with Crippen molar-refractivity contribution < 1.29 is 9.53 Å². The van der Waals surface area contributed by atoms with Gasteiger partial charge in [-0.25, -0.2) is 0 Å². The fourth-order valence-electron chi connectivity index (χ4n) is 2.26. The number of likely N-dealkylation sites (tertiary alicyclic amines) is 1. The van der Waals surface area contributed by atoms with Crippen molar-refractivity contribution in [2.24, 2.45) is 0 Å². The molecule has 0 aromatic heterocycles. The average molecular weight is 248 g/mol. The van der Waals surface area contributed by atoms with Crippen LogP contribution in [0, 0.1) is 0 Å². The van der Waals surface area contributed by atoms with Gasteiger partial charge in [0.1, 0.15) is 5.75 Å². The molecule has 1 aliphatic rings. The van der Waals surface area contributed by atoms with Gasteiger partial charge in [0, 0.05) is 12.6 Å². The maximum atomic E-state index is 11.9. The van der Waals surface area contributed by atoms with Gasteiger partial charge in [0.25, 0.3) is 0 Å². The third kappa shape index (κ3) is 3.47. The molecule has 1 aromatic rings. The highest BCUT2D eigenvalue weighted by atomic mass is 16.5. The molecule has 4 heteroatoms. The second-order valence-electron chi connectivity index (χ2n) is 4.84. The zero-order chi connectivity index (χ0) is 13.0. The zero-order valence-corrected chi connectivity index (χ0v) is 11.0. The Balaban J connectivity index is 1.83. The number of hydrogen-bond donors (Lipinski definition) is 1. The van der Waals surface area contributed by atoms with Crippen LogP contribution in [-0.4, -0.2) is 44.1 Å². The van der Waals surface area contributed by atoms with Crippen molar-refractivity contribution in [3.8, 4) is 5.75 Å². The third-order valence-electron chi connectivity index (χ3n) is 3.28. The number of nitrogens with zero attached hydrogens (tertiary/aromatic N) is 1. The molecular weight excluding hydrogens is 228 g/mol. The lowest BCUT2D eigenvalue weighted by Gasteiger charge is -2.12. The van der Waals surface area contributed by atoms with Crippen LogP contribution in [0.2, 0.25) is 0 Å². The molecule has 1 saturated heterocycles. The van der Waals surface area contributed by atoms with Crippen LogP contribution in [0.15, 0.2) is 24.3 Å². The molecule has 1 N–H and O–H groups in total. The molecule has 1 heterocycles. The highest BCUT2D eigenvalue weighted by molar-refractivity contribution is 5.78. The largest absolute Gasteiger partial charge is 0.497 e. The minimum Gasteiger partial charge on any atom is -0.497 e. The molecule has 98 valence electrons. The number of nitrogens with one attached hydrogen (secondary N) is 1. The fraction of sp³-hybridized carbons (Fsp3) is 0.500. The minimum atomic E-state index is 0.0977. The first-order valence-corrected chi connectivity index (χ1v) is 6.28. The highest BCUT2D eigenvalue weighted by Gasteiger charge is 2.20. The van der Waals surface area contributed by atoms with Crippen LogP contribution in [0.3, 0.4) is 0 Å². The normalized spacial score (nSPS) is 19.8. The van der Waals surface area contributed by atoms with E-state index in [0.717, 1.165) is 30.8 Å². The average Bonchev–Trinajstić information content (AvgIpc) is 2.75. The molecule has 1 amide bonds. The van der Waals surface area contributed by atoms with Gasteiger partial charge >= 0.3 is 0 Å². The summed E-state index contributed by atoms with van der Waals surface area (Å²) in [6, 6.07) is 7.93. The van der Waals surface area contributed by atoms with E-state index in [1.54, 1.807) is 7.11 Å². The number of benzene rings is 1. The lowest BCUT2D eigenvalue weighted by molar-refractivity contribution is -0.121. The van der Waals surface area contributed by atoms with E-state index in [1.165, 1.54) is 0 Å². The Kier molecular flexibility index (Phi) is 4.20. The predicted octanol–water partition coefficient (Wildman–Crippen LogP) is 1.06. The van der Waals surface area contributed by atoms with Gasteiger partial charge in [-0.15, -0.1) is 0 Å². The van der Waals surface area contributed by atoms with Crippen molar-refractivity contribution >= 4 is 5.91 Å². The van der Waals surface area contributed by atoms with Crippen LogP contribution in [0.5, 0.6) is 5.75 Å². The van der Waals surface area contributed by atoms with Gasteiger partial charge in [-0.05, 0) is 37.7 Å². The summed E-state index contributed by atoms with van der Waals surface area (Å²) < 4.78 is 5.09. The van der Waals surface area contributed by atoms with E-state index in [2.05, 4.69) is 17.3 Å². The first-order chi connectivity index (χ1) is 8.67. The van der Waals surface area contributed by atoms with Gasteiger partial charge in [-0.2, -0.15) is 0 Å². The molecule has 0 spiro atoms. The molecule has 1 fully saturated rings. The summed E-state index contributed by atoms with van der Waals surface area (Å²) in [4.78, 5) is 14.1. The summed E-state index contributed by atoms with van der Waals surface area (Å²) in [7, 11) is 3.72. The Labute approximate surface area is 108 Å². The standard InChI is InChI=1S/C14H20N2O2/c1-16-8-7-12(10-16)15-14(17)9-11-3-5-13(18-2)6-4-11/h3-6,12H,7-10H2,1-2H3,(H,15,17). The SMILES string of the molecule is COc1ccc(CC(=O)NC2CCN(C)C2)cc1. The molecule has 2 rings (SSSR count). The van der Waals surface area contributed by atoms with Gasteiger partial charge in [-0.3, -0.25) is 4.79 Å². The van der Waals surface area contributed by atoms with Crippen LogP contribution in [-0.2, 0) is 11.2 Å². The second-order valence-corrected chi connectivity index (χ2v) is 4.84. The maximum absolute atomic E-state index is 11.9. The van der Waals surface area contributed by atoms with Crippen LogP contribution in [0.25, 0.3) is 0 Å². The summed E-state index contributed by atoms with van der Waals surface area (Å²) >= 11 is 0. The molecule has 1 atom stereocenters. The summed E-state index contributed by atoms with van der Waals surface area (Å²) in [5.41, 5.74) is 1.01. The second kappa shape index (κ2) is 5.87. The Morgan fingerprint density at radius 1 is 1.44 bits per heavy atom. The molecule has 1 aromatic carbocycles. The summed E-state index contributed by atoms with van der Waals surface area (Å²) in [6.07, 6.45) is 1.48. The predicted molar refractivity (Wildman–Crippen MR) is 70.7 cm³/mol. The summed E-state index contributed by atoms with van der Waals surface area (Å²) in [6.45, 7) is 2.02.